The van der Waals surface area contributed by atoms with Crippen molar-refractivity contribution in [3.8, 4) is 5.75 Å². The molecule has 1 aromatic heterocycles. The molecule has 2 N–H and O–H groups in total. The van der Waals surface area contributed by atoms with Crippen molar-refractivity contribution in [2.45, 2.75) is 13.0 Å². The second kappa shape index (κ2) is 6.47. The number of nitrogens with two attached hydrogens (primary N) is 1. The molecule has 1 aromatic carbocycles. The first-order chi connectivity index (χ1) is 8.79. The second-order valence-electron chi connectivity index (χ2n) is 3.75. The van der Waals surface area contributed by atoms with Gasteiger partial charge in [0.05, 0.1) is 0 Å². The molecule has 0 amide bonds. The number of nitrogens with zero attached hydrogens (tertiary/aromatic N) is 2. The predicted molar refractivity (Wildman–Crippen MR) is 73.3 cm³/mol. The highest BCUT2D eigenvalue weighted by Crippen LogP contribution is 2.23. The Hall–Kier alpha value is -1.46. The molecule has 2 aromatic rings. The van der Waals surface area contributed by atoms with Gasteiger partial charge in [-0.1, -0.05) is 15.9 Å². The van der Waals surface area contributed by atoms with Gasteiger partial charge in [0, 0.05) is 16.9 Å². The minimum Gasteiger partial charge on any atom is -0.486 e. The van der Waals surface area contributed by atoms with E-state index in [-0.39, 0.29) is 0 Å². The van der Waals surface area contributed by atoms with Crippen LogP contribution in [0.5, 0.6) is 5.75 Å². The van der Waals surface area contributed by atoms with E-state index in [0.29, 0.717) is 19.0 Å². The summed E-state index contributed by atoms with van der Waals surface area (Å²) in [6.07, 6.45) is 4.22. The number of aromatic nitrogens is 2. The first-order valence-corrected chi connectivity index (χ1v) is 6.46. The van der Waals surface area contributed by atoms with E-state index in [1.165, 1.54) is 0 Å². The maximum atomic E-state index is 5.65. The van der Waals surface area contributed by atoms with E-state index in [9.17, 15) is 0 Å². The molecule has 0 bridgehead atoms. The van der Waals surface area contributed by atoms with Crippen LogP contribution in [-0.4, -0.2) is 16.5 Å². The molecule has 0 spiro atoms. The third kappa shape index (κ3) is 3.51. The number of hydrogen-bond acceptors (Lipinski definition) is 4. The summed E-state index contributed by atoms with van der Waals surface area (Å²) < 4.78 is 6.70. The van der Waals surface area contributed by atoms with E-state index in [1.807, 2.05) is 18.2 Å². The first kappa shape index (κ1) is 13.0. The van der Waals surface area contributed by atoms with Crippen LogP contribution in [0.1, 0.15) is 11.4 Å². The molecule has 2 rings (SSSR count). The first-order valence-electron chi connectivity index (χ1n) is 5.67. The van der Waals surface area contributed by atoms with Crippen LogP contribution in [0.2, 0.25) is 0 Å². The minimum absolute atomic E-state index is 0.366. The SMILES string of the molecule is NCCc1cc(OCc2ncccn2)ccc1Br. The fourth-order valence-electron chi connectivity index (χ4n) is 1.54. The smallest absolute Gasteiger partial charge is 0.166 e. The van der Waals surface area contributed by atoms with Crippen LogP contribution in [-0.2, 0) is 13.0 Å². The number of ether oxygens (including phenoxy) is 1. The van der Waals surface area contributed by atoms with E-state index in [2.05, 4.69) is 25.9 Å². The van der Waals surface area contributed by atoms with E-state index in [1.54, 1.807) is 18.5 Å². The van der Waals surface area contributed by atoms with Gasteiger partial charge in [0.2, 0.25) is 0 Å². The molecule has 0 atom stereocenters. The van der Waals surface area contributed by atoms with Crippen molar-refractivity contribution in [2.75, 3.05) is 6.54 Å². The summed E-state index contributed by atoms with van der Waals surface area (Å²) in [4.78, 5) is 8.21. The van der Waals surface area contributed by atoms with Crippen LogP contribution in [0.3, 0.4) is 0 Å². The van der Waals surface area contributed by atoms with Crippen molar-refractivity contribution in [1.82, 2.24) is 9.97 Å². The van der Waals surface area contributed by atoms with Crippen molar-refractivity contribution < 1.29 is 4.74 Å². The Morgan fingerprint density at radius 1 is 1.22 bits per heavy atom. The standard InChI is InChI=1S/C13H14BrN3O/c14-12-3-2-11(8-10(12)4-5-15)18-9-13-16-6-1-7-17-13/h1-3,6-8H,4-5,9,15H2. The van der Waals surface area contributed by atoms with E-state index >= 15 is 0 Å². The number of hydrogen-bond donors (Lipinski definition) is 1. The van der Waals surface area contributed by atoms with Gasteiger partial charge < -0.3 is 10.5 Å². The van der Waals surface area contributed by atoms with Crippen molar-refractivity contribution in [1.29, 1.82) is 0 Å². The quantitative estimate of drug-likeness (QED) is 0.921. The fourth-order valence-corrected chi connectivity index (χ4v) is 1.99. The normalized spacial score (nSPS) is 10.3. The molecule has 5 heteroatoms. The van der Waals surface area contributed by atoms with Crippen LogP contribution in [0.25, 0.3) is 0 Å². The molecule has 4 nitrogen and oxygen atoms in total. The van der Waals surface area contributed by atoms with E-state index in [0.717, 1.165) is 22.2 Å². The van der Waals surface area contributed by atoms with Gasteiger partial charge in [-0.2, -0.15) is 0 Å². The zero-order valence-electron chi connectivity index (χ0n) is 9.84. The van der Waals surface area contributed by atoms with Gasteiger partial charge in [-0.15, -0.1) is 0 Å². The Morgan fingerprint density at radius 3 is 2.72 bits per heavy atom. The maximum absolute atomic E-state index is 5.65. The van der Waals surface area contributed by atoms with Crippen molar-refractivity contribution in [2.24, 2.45) is 5.73 Å². The van der Waals surface area contributed by atoms with Crippen LogP contribution in [0, 0.1) is 0 Å². The Labute approximate surface area is 114 Å². The van der Waals surface area contributed by atoms with Crippen molar-refractivity contribution >= 4 is 15.9 Å². The van der Waals surface area contributed by atoms with Gasteiger partial charge in [0.25, 0.3) is 0 Å². The summed E-state index contributed by atoms with van der Waals surface area (Å²) in [6.45, 7) is 0.981. The Kier molecular flexibility index (Phi) is 4.66. The van der Waals surface area contributed by atoms with Crippen molar-refractivity contribution in [3.63, 3.8) is 0 Å². The number of halogens is 1. The third-order valence-corrected chi connectivity index (χ3v) is 3.19. The second-order valence-corrected chi connectivity index (χ2v) is 4.60. The molecule has 1 heterocycles. The summed E-state index contributed by atoms with van der Waals surface area (Å²) >= 11 is 3.49. The summed E-state index contributed by atoms with van der Waals surface area (Å²) in [5.41, 5.74) is 6.71. The number of rotatable bonds is 5. The van der Waals surface area contributed by atoms with Crippen LogP contribution < -0.4 is 10.5 Å². The van der Waals surface area contributed by atoms with Crippen molar-refractivity contribution in [3.05, 3.63) is 52.5 Å². The van der Waals surface area contributed by atoms with Crippen LogP contribution in [0.4, 0.5) is 0 Å². The molecule has 0 saturated carbocycles. The third-order valence-electron chi connectivity index (χ3n) is 2.42. The minimum atomic E-state index is 0.366. The predicted octanol–water partition coefficient (Wildman–Crippen LogP) is 2.32. The average molecular weight is 308 g/mol. The van der Waals surface area contributed by atoms with Gasteiger partial charge in [0.1, 0.15) is 12.4 Å². The molecule has 0 aliphatic rings. The van der Waals surface area contributed by atoms with Crippen LogP contribution in [0.15, 0.2) is 41.1 Å². The molecular formula is C13H14BrN3O. The van der Waals surface area contributed by atoms with Gasteiger partial charge in [-0.25, -0.2) is 9.97 Å². The molecular weight excluding hydrogens is 294 g/mol. The van der Waals surface area contributed by atoms with Gasteiger partial charge in [-0.05, 0) is 42.8 Å². The van der Waals surface area contributed by atoms with E-state index in [4.69, 9.17) is 10.5 Å². The Balaban J connectivity index is 2.03. The molecule has 0 saturated heterocycles. The molecule has 0 fully saturated rings. The monoisotopic (exact) mass is 307 g/mol. The largest absolute Gasteiger partial charge is 0.486 e. The van der Waals surface area contributed by atoms with Gasteiger partial charge >= 0.3 is 0 Å². The average Bonchev–Trinajstić information content (AvgIpc) is 2.41. The highest BCUT2D eigenvalue weighted by molar-refractivity contribution is 9.10. The lowest BCUT2D eigenvalue weighted by atomic mass is 10.1. The van der Waals surface area contributed by atoms with Gasteiger partial charge in [0.15, 0.2) is 5.82 Å². The van der Waals surface area contributed by atoms with Gasteiger partial charge in [-0.3, -0.25) is 0 Å². The molecule has 94 valence electrons. The summed E-state index contributed by atoms with van der Waals surface area (Å²) in [5, 5.41) is 0. The molecule has 18 heavy (non-hydrogen) atoms. The van der Waals surface area contributed by atoms with Crippen LogP contribution >= 0.6 is 15.9 Å². The molecule has 0 unspecified atom stereocenters. The summed E-state index contributed by atoms with van der Waals surface area (Å²) in [6, 6.07) is 7.64. The summed E-state index contributed by atoms with van der Waals surface area (Å²) in [7, 11) is 0. The summed E-state index contributed by atoms with van der Waals surface area (Å²) in [5.74, 6) is 1.47. The highest BCUT2D eigenvalue weighted by Gasteiger charge is 2.03. The zero-order valence-corrected chi connectivity index (χ0v) is 11.4. The highest BCUT2D eigenvalue weighted by atomic mass is 79.9. The number of benzene rings is 1. The maximum Gasteiger partial charge on any atom is 0.166 e. The molecule has 0 radical (unpaired) electrons. The molecule has 0 aliphatic heterocycles. The molecule has 0 aliphatic carbocycles. The lowest BCUT2D eigenvalue weighted by Gasteiger charge is -2.08. The lowest BCUT2D eigenvalue weighted by Crippen LogP contribution is -2.04. The van der Waals surface area contributed by atoms with E-state index < -0.39 is 0 Å². The fraction of sp³-hybridized carbons (Fsp3) is 0.231. The lowest BCUT2D eigenvalue weighted by molar-refractivity contribution is 0.295. The topological polar surface area (TPSA) is 61.0 Å². The Bertz CT molecular complexity index is 505. The zero-order chi connectivity index (χ0) is 12.8. The Morgan fingerprint density at radius 2 is 2.00 bits per heavy atom.